The standard InChI is InChI=1S/C20H22N10O2/c1-12-21-19-18(20(32)22-12)24-26-30(19)16-7-9-28(10-8-16)17(31)11-14-3-5-15(6-4-14)29-13(2)23-25-27-29/h3-6,16H,7-11H2,1-2H3,(H,21,22,32). The molecule has 0 radical (unpaired) electrons. The van der Waals surface area contributed by atoms with Crippen LogP contribution in [0.5, 0.6) is 0 Å². The van der Waals surface area contributed by atoms with Gasteiger partial charge < -0.3 is 9.88 Å². The Morgan fingerprint density at radius 3 is 2.53 bits per heavy atom. The first-order chi connectivity index (χ1) is 15.5. The summed E-state index contributed by atoms with van der Waals surface area (Å²) in [5, 5.41) is 19.6. The van der Waals surface area contributed by atoms with Crippen molar-refractivity contribution in [2.45, 2.75) is 39.2 Å². The quantitative estimate of drug-likeness (QED) is 0.490. The van der Waals surface area contributed by atoms with Crippen molar-refractivity contribution in [3.8, 4) is 5.69 Å². The number of rotatable bonds is 4. The average Bonchev–Trinajstić information content (AvgIpc) is 3.41. The summed E-state index contributed by atoms with van der Waals surface area (Å²) in [6.07, 6.45) is 1.80. The van der Waals surface area contributed by atoms with Crippen molar-refractivity contribution in [1.82, 2.24) is 50.1 Å². The van der Waals surface area contributed by atoms with Crippen LogP contribution in [0.4, 0.5) is 0 Å². The Bertz CT molecular complexity index is 1330. The van der Waals surface area contributed by atoms with E-state index in [0.29, 0.717) is 36.8 Å². The van der Waals surface area contributed by atoms with E-state index in [0.717, 1.165) is 24.1 Å². The molecule has 0 aliphatic carbocycles. The van der Waals surface area contributed by atoms with Crippen LogP contribution in [-0.2, 0) is 11.2 Å². The Morgan fingerprint density at radius 1 is 1.09 bits per heavy atom. The van der Waals surface area contributed by atoms with E-state index in [2.05, 4.69) is 35.8 Å². The van der Waals surface area contributed by atoms with Gasteiger partial charge in [-0.1, -0.05) is 17.3 Å². The molecule has 1 aliphatic rings. The highest BCUT2D eigenvalue weighted by atomic mass is 16.2. The Morgan fingerprint density at radius 2 is 1.84 bits per heavy atom. The van der Waals surface area contributed by atoms with Gasteiger partial charge in [-0.25, -0.2) is 9.67 Å². The second-order valence-corrected chi connectivity index (χ2v) is 7.95. The molecule has 0 saturated carbocycles. The number of fused-ring (bicyclic) bond motifs is 1. The van der Waals surface area contributed by atoms with E-state index < -0.39 is 0 Å². The first-order valence-electron chi connectivity index (χ1n) is 10.4. The molecule has 12 nitrogen and oxygen atoms in total. The summed E-state index contributed by atoms with van der Waals surface area (Å²) in [6, 6.07) is 7.72. The highest BCUT2D eigenvalue weighted by Crippen LogP contribution is 2.24. The number of amides is 1. The number of piperidine rings is 1. The van der Waals surface area contributed by atoms with E-state index in [-0.39, 0.29) is 23.0 Å². The van der Waals surface area contributed by atoms with Crippen LogP contribution < -0.4 is 5.56 Å². The Balaban J connectivity index is 1.22. The van der Waals surface area contributed by atoms with Crippen molar-refractivity contribution in [3.63, 3.8) is 0 Å². The minimum absolute atomic E-state index is 0.0524. The molecule has 1 saturated heterocycles. The maximum Gasteiger partial charge on any atom is 0.281 e. The number of likely N-dealkylation sites (tertiary alicyclic amines) is 1. The molecule has 32 heavy (non-hydrogen) atoms. The number of benzene rings is 1. The number of H-pyrrole nitrogens is 1. The van der Waals surface area contributed by atoms with Gasteiger partial charge in [-0.2, -0.15) is 4.68 Å². The SMILES string of the molecule is Cc1nc2c(nnn2C2CCN(C(=O)Cc3ccc(-n4nnnc4C)cc3)CC2)c(=O)[nH]1. The monoisotopic (exact) mass is 434 g/mol. The highest BCUT2D eigenvalue weighted by Gasteiger charge is 2.26. The van der Waals surface area contributed by atoms with Crippen LogP contribution in [0.3, 0.4) is 0 Å². The first-order valence-corrected chi connectivity index (χ1v) is 10.4. The second-order valence-electron chi connectivity index (χ2n) is 7.95. The van der Waals surface area contributed by atoms with Crippen LogP contribution >= 0.6 is 0 Å². The predicted octanol–water partition coefficient (Wildman–Crippen LogP) is 0.513. The summed E-state index contributed by atoms with van der Waals surface area (Å²) >= 11 is 0. The van der Waals surface area contributed by atoms with Crippen LogP contribution in [0.15, 0.2) is 29.1 Å². The van der Waals surface area contributed by atoms with Crippen molar-refractivity contribution in [1.29, 1.82) is 0 Å². The molecular weight excluding hydrogens is 412 g/mol. The molecule has 1 aliphatic heterocycles. The largest absolute Gasteiger partial charge is 0.342 e. The lowest BCUT2D eigenvalue weighted by atomic mass is 10.0. The summed E-state index contributed by atoms with van der Waals surface area (Å²) in [5.41, 5.74) is 2.25. The van der Waals surface area contributed by atoms with E-state index in [9.17, 15) is 9.59 Å². The van der Waals surface area contributed by atoms with E-state index in [1.807, 2.05) is 36.1 Å². The van der Waals surface area contributed by atoms with Crippen molar-refractivity contribution in [2.24, 2.45) is 0 Å². The molecule has 5 rings (SSSR count). The number of aromatic amines is 1. The number of carbonyl (C=O) groups is 1. The predicted molar refractivity (Wildman–Crippen MR) is 113 cm³/mol. The molecule has 0 spiro atoms. The molecule has 1 N–H and O–H groups in total. The Kier molecular flexibility index (Phi) is 4.96. The second kappa shape index (κ2) is 7.94. The zero-order valence-corrected chi connectivity index (χ0v) is 17.8. The fourth-order valence-electron chi connectivity index (χ4n) is 4.07. The van der Waals surface area contributed by atoms with Crippen LogP contribution in [0.1, 0.15) is 36.1 Å². The van der Waals surface area contributed by atoms with Crippen molar-refractivity contribution in [3.05, 3.63) is 51.8 Å². The fourth-order valence-corrected chi connectivity index (χ4v) is 4.07. The van der Waals surface area contributed by atoms with Crippen molar-refractivity contribution >= 4 is 17.1 Å². The minimum Gasteiger partial charge on any atom is -0.342 e. The smallest absolute Gasteiger partial charge is 0.281 e. The van der Waals surface area contributed by atoms with Gasteiger partial charge in [0.2, 0.25) is 5.91 Å². The molecule has 4 heterocycles. The summed E-state index contributed by atoms with van der Waals surface area (Å²) < 4.78 is 3.37. The third-order valence-corrected chi connectivity index (χ3v) is 5.78. The lowest BCUT2D eigenvalue weighted by Crippen LogP contribution is -2.40. The molecule has 1 aromatic carbocycles. The van der Waals surface area contributed by atoms with E-state index in [1.54, 1.807) is 16.3 Å². The fraction of sp³-hybridized carbons (Fsp3) is 0.400. The number of carbonyl (C=O) groups excluding carboxylic acids is 1. The number of aromatic nitrogens is 9. The molecule has 1 amide bonds. The maximum absolute atomic E-state index is 12.8. The van der Waals surface area contributed by atoms with Crippen LogP contribution in [0, 0.1) is 13.8 Å². The van der Waals surface area contributed by atoms with Gasteiger partial charge in [-0.15, -0.1) is 10.2 Å². The van der Waals surface area contributed by atoms with Gasteiger partial charge in [0.05, 0.1) is 18.2 Å². The molecular formula is C20H22N10O2. The van der Waals surface area contributed by atoms with Crippen LogP contribution in [0.25, 0.3) is 16.9 Å². The summed E-state index contributed by atoms with van der Waals surface area (Å²) in [4.78, 5) is 33.8. The van der Waals surface area contributed by atoms with Crippen molar-refractivity contribution < 1.29 is 4.79 Å². The lowest BCUT2D eigenvalue weighted by Gasteiger charge is -2.32. The molecule has 0 unspecified atom stereocenters. The zero-order valence-electron chi connectivity index (χ0n) is 17.8. The van der Waals surface area contributed by atoms with E-state index >= 15 is 0 Å². The van der Waals surface area contributed by atoms with Gasteiger partial charge in [-0.3, -0.25) is 9.59 Å². The average molecular weight is 434 g/mol. The number of hydrogen-bond acceptors (Lipinski definition) is 8. The Labute approximate surface area is 182 Å². The van der Waals surface area contributed by atoms with Gasteiger partial charge in [0.25, 0.3) is 5.56 Å². The van der Waals surface area contributed by atoms with E-state index in [4.69, 9.17) is 0 Å². The molecule has 0 bridgehead atoms. The summed E-state index contributed by atoms with van der Waals surface area (Å²) in [5.74, 6) is 1.32. The van der Waals surface area contributed by atoms with Gasteiger partial charge in [-0.05, 0) is 54.8 Å². The number of nitrogens with zero attached hydrogens (tertiary/aromatic N) is 9. The number of tetrazole rings is 1. The molecule has 164 valence electrons. The molecule has 3 aromatic heterocycles. The third kappa shape index (κ3) is 3.63. The zero-order chi connectivity index (χ0) is 22.2. The maximum atomic E-state index is 12.8. The van der Waals surface area contributed by atoms with Gasteiger partial charge >= 0.3 is 0 Å². The third-order valence-electron chi connectivity index (χ3n) is 5.78. The summed E-state index contributed by atoms with van der Waals surface area (Å²) in [7, 11) is 0. The normalized spacial score (nSPS) is 14.9. The molecule has 12 heteroatoms. The molecule has 1 fully saturated rings. The molecule has 4 aromatic rings. The van der Waals surface area contributed by atoms with Crippen molar-refractivity contribution in [2.75, 3.05) is 13.1 Å². The number of nitrogens with one attached hydrogen (secondary N) is 1. The number of aryl methyl sites for hydroxylation is 2. The first kappa shape index (κ1) is 20.0. The number of hydrogen-bond donors (Lipinski definition) is 1. The topological polar surface area (TPSA) is 140 Å². The summed E-state index contributed by atoms with van der Waals surface area (Å²) in [6.45, 7) is 4.80. The Hall–Kier alpha value is -3.96. The minimum atomic E-state index is -0.285. The van der Waals surface area contributed by atoms with E-state index in [1.165, 1.54) is 0 Å². The van der Waals surface area contributed by atoms with Crippen LogP contribution in [-0.4, -0.2) is 69.1 Å². The van der Waals surface area contributed by atoms with Gasteiger partial charge in [0, 0.05) is 13.1 Å². The molecule has 0 atom stereocenters. The van der Waals surface area contributed by atoms with Gasteiger partial charge in [0.1, 0.15) is 5.82 Å². The van der Waals surface area contributed by atoms with Gasteiger partial charge in [0.15, 0.2) is 17.0 Å². The van der Waals surface area contributed by atoms with Crippen LogP contribution in [0.2, 0.25) is 0 Å². The highest BCUT2D eigenvalue weighted by molar-refractivity contribution is 5.79. The lowest BCUT2D eigenvalue weighted by molar-refractivity contribution is -0.131.